The number of aryl methyl sites for hydroxylation is 2. The molecule has 0 saturated carbocycles. The normalized spacial score (nSPS) is 19.2. The van der Waals surface area contributed by atoms with Gasteiger partial charge >= 0.3 is 0 Å². The van der Waals surface area contributed by atoms with E-state index in [1.165, 1.54) is 28.6 Å². The van der Waals surface area contributed by atoms with E-state index in [1.54, 1.807) is 6.07 Å². The number of nitrogens with one attached hydrogen (secondary N) is 1. The van der Waals surface area contributed by atoms with Gasteiger partial charge in [0.2, 0.25) is 11.3 Å². The van der Waals surface area contributed by atoms with E-state index in [0.29, 0.717) is 18.6 Å². The predicted molar refractivity (Wildman–Crippen MR) is 152 cm³/mol. The van der Waals surface area contributed by atoms with Crippen molar-refractivity contribution in [3.8, 4) is 11.5 Å². The van der Waals surface area contributed by atoms with Crippen LogP contribution in [0, 0.1) is 6.92 Å². The molecule has 1 amide bonds. The first kappa shape index (κ1) is 26.1. The lowest BCUT2D eigenvalue weighted by Gasteiger charge is -2.27. The molecule has 0 aliphatic carbocycles. The maximum atomic E-state index is 12.9. The molecule has 3 aromatic rings. The molecule has 1 atom stereocenters. The molecule has 1 fully saturated rings. The largest absolute Gasteiger partial charge is 0.456 e. The first-order chi connectivity index (χ1) is 19.7. The van der Waals surface area contributed by atoms with E-state index in [-0.39, 0.29) is 23.0 Å². The van der Waals surface area contributed by atoms with Crippen molar-refractivity contribution in [2.45, 2.75) is 62.8 Å². The van der Waals surface area contributed by atoms with E-state index in [9.17, 15) is 22.6 Å². The van der Waals surface area contributed by atoms with Crippen LogP contribution in [-0.4, -0.2) is 43.8 Å². The lowest BCUT2D eigenvalue weighted by molar-refractivity contribution is -0.124. The summed E-state index contributed by atoms with van der Waals surface area (Å²) in [6.07, 6.45) is 5.12. The molecule has 3 aromatic carbocycles. The van der Waals surface area contributed by atoms with Crippen LogP contribution in [0.1, 0.15) is 59.1 Å². The fraction of sp³-hybridized carbons (Fsp3) is 0.344. The van der Waals surface area contributed by atoms with Gasteiger partial charge in [0.1, 0.15) is 24.6 Å². The Morgan fingerprint density at radius 1 is 1.05 bits per heavy atom. The summed E-state index contributed by atoms with van der Waals surface area (Å²) in [4.78, 5) is 24.4. The van der Waals surface area contributed by atoms with Crippen LogP contribution < -0.4 is 25.2 Å². The fourth-order valence-electron chi connectivity index (χ4n) is 6.90. The van der Waals surface area contributed by atoms with Crippen molar-refractivity contribution in [1.82, 2.24) is 9.89 Å². The summed E-state index contributed by atoms with van der Waals surface area (Å²) < 4.78 is 42.6. The molecule has 4 heterocycles. The number of carbonyl (C=O) groups is 2. The number of hydrogen-bond acceptors (Lipinski definition) is 5. The van der Waals surface area contributed by atoms with Gasteiger partial charge in [-0.2, -0.15) is 8.42 Å². The Hall–Kier alpha value is -3.82. The highest BCUT2D eigenvalue weighted by Gasteiger charge is 2.32. The summed E-state index contributed by atoms with van der Waals surface area (Å²) >= 11 is 0. The minimum atomic E-state index is -4.34. The smallest absolute Gasteiger partial charge is 0.294 e. The zero-order valence-corrected chi connectivity index (χ0v) is 23.6. The lowest BCUT2D eigenvalue weighted by atomic mass is 9.86. The van der Waals surface area contributed by atoms with Gasteiger partial charge in [0, 0.05) is 47.6 Å². The molecule has 8 nitrogen and oxygen atoms in total. The molecule has 0 aromatic heterocycles. The molecule has 1 unspecified atom stereocenters. The Kier molecular flexibility index (Phi) is 6.13. The van der Waals surface area contributed by atoms with Crippen LogP contribution in [0.3, 0.4) is 0 Å². The minimum absolute atomic E-state index is 0.0207. The summed E-state index contributed by atoms with van der Waals surface area (Å²) in [7, 11) is -4.34. The SMILES string of the molecule is Cc1cc(S(=O)(=O)O)ccc1C1=c2cc3c4c(c2Oc2cc(CC(=O)C5CCC(=O)N5)ccc21)CCC[N+]=4CCC3. The number of amides is 1. The summed E-state index contributed by atoms with van der Waals surface area (Å²) in [5.74, 6) is 1.36. The highest BCUT2D eigenvalue weighted by molar-refractivity contribution is 7.85. The third kappa shape index (κ3) is 4.48. The Morgan fingerprint density at radius 2 is 1.83 bits per heavy atom. The molecule has 41 heavy (non-hydrogen) atoms. The molecule has 2 N–H and O–H groups in total. The van der Waals surface area contributed by atoms with Gasteiger partial charge < -0.3 is 10.1 Å². The minimum Gasteiger partial charge on any atom is -0.456 e. The molecule has 210 valence electrons. The van der Waals surface area contributed by atoms with Crippen LogP contribution in [0.4, 0.5) is 0 Å². The maximum Gasteiger partial charge on any atom is 0.294 e. The number of ether oxygens (including phenoxy) is 1. The van der Waals surface area contributed by atoms with E-state index >= 15 is 0 Å². The molecule has 0 radical (unpaired) electrons. The molecular formula is C32H31N2O6S+. The van der Waals surface area contributed by atoms with E-state index in [4.69, 9.17) is 4.74 Å². The van der Waals surface area contributed by atoms with Crippen molar-refractivity contribution in [2.75, 3.05) is 13.1 Å². The van der Waals surface area contributed by atoms with Crippen LogP contribution in [0.2, 0.25) is 0 Å². The molecule has 4 aliphatic rings. The highest BCUT2D eigenvalue weighted by atomic mass is 32.2. The van der Waals surface area contributed by atoms with Gasteiger partial charge in [0.15, 0.2) is 5.78 Å². The van der Waals surface area contributed by atoms with Crippen LogP contribution in [0.25, 0.3) is 5.57 Å². The van der Waals surface area contributed by atoms with Crippen molar-refractivity contribution < 1.29 is 27.3 Å². The highest BCUT2D eigenvalue weighted by Crippen LogP contribution is 2.39. The van der Waals surface area contributed by atoms with Crippen LogP contribution in [0.15, 0.2) is 47.4 Å². The quantitative estimate of drug-likeness (QED) is 0.281. The molecule has 1 saturated heterocycles. The number of benzene rings is 3. The predicted octanol–water partition coefficient (Wildman–Crippen LogP) is 2.37. The second-order valence-corrected chi connectivity index (χ2v) is 12.9. The summed E-state index contributed by atoms with van der Waals surface area (Å²) in [6, 6.07) is 12.3. The topological polar surface area (TPSA) is 113 Å². The third-order valence-electron chi connectivity index (χ3n) is 8.80. The second-order valence-electron chi connectivity index (χ2n) is 11.5. The maximum absolute atomic E-state index is 12.9. The van der Waals surface area contributed by atoms with Gasteiger partial charge in [-0.25, -0.2) is 4.58 Å². The Labute approximate surface area is 238 Å². The molecule has 4 aliphatic heterocycles. The van der Waals surface area contributed by atoms with Gasteiger partial charge in [-0.1, -0.05) is 18.2 Å². The van der Waals surface area contributed by atoms with Gasteiger partial charge in [-0.3, -0.25) is 14.1 Å². The Balaban J connectivity index is 1.43. The zero-order chi connectivity index (χ0) is 28.5. The lowest BCUT2D eigenvalue weighted by Crippen LogP contribution is -2.45. The molecular weight excluding hydrogens is 540 g/mol. The average molecular weight is 572 g/mol. The second kappa shape index (κ2) is 9.63. The van der Waals surface area contributed by atoms with Crippen molar-refractivity contribution in [2.24, 2.45) is 0 Å². The van der Waals surface area contributed by atoms with Gasteiger partial charge in [-0.15, -0.1) is 0 Å². The number of hydrogen-bond donors (Lipinski definition) is 2. The Bertz CT molecular complexity index is 1910. The third-order valence-corrected chi connectivity index (χ3v) is 9.65. The van der Waals surface area contributed by atoms with Crippen molar-refractivity contribution in [3.63, 3.8) is 0 Å². The molecule has 9 heteroatoms. The number of nitrogens with zero attached hydrogens (tertiary/aromatic N) is 1. The van der Waals surface area contributed by atoms with Crippen molar-refractivity contribution in [3.05, 3.63) is 86.4 Å². The number of ketones is 1. The van der Waals surface area contributed by atoms with Crippen LogP contribution >= 0.6 is 0 Å². The van der Waals surface area contributed by atoms with Crippen LogP contribution in [0.5, 0.6) is 11.5 Å². The van der Waals surface area contributed by atoms with Crippen molar-refractivity contribution in [1.29, 1.82) is 0 Å². The number of carbonyl (C=O) groups excluding carboxylic acids is 2. The molecule has 0 bridgehead atoms. The first-order valence-electron chi connectivity index (χ1n) is 14.2. The van der Waals surface area contributed by atoms with Gasteiger partial charge in [0.05, 0.1) is 16.5 Å². The summed E-state index contributed by atoms with van der Waals surface area (Å²) in [5, 5.41) is 5.03. The first-order valence-corrected chi connectivity index (χ1v) is 15.6. The van der Waals surface area contributed by atoms with E-state index in [0.717, 1.165) is 77.6 Å². The Morgan fingerprint density at radius 3 is 2.56 bits per heavy atom. The van der Waals surface area contributed by atoms with Crippen molar-refractivity contribution >= 4 is 27.4 Å². The average Bonchev–Trinajstić information content (AvgIpc) is 3.38. The van der Waals surface area contributed by atoms with E-state index in [2.05, 4.69) is 16.0 Å². The van der Waals surface area contributed by atoms with Gasteiger partial charge in [-0.05, 0) is 67.1 Å². The zero-order valence-electron chi connectivity index (χ0n) is 22.8. The standard InChI is InChI=1S/C32H30N2O6S/c1-18-14-21(41(37,38)39)7-9-22(18)30-23-8-6-19(15-27(35)26-10-11-29(36)33-26)16-28(23)40-32-24-5-3-13-34-12-2-4-20(31(24)34)17-25(30)32/h6-9,14,16-17,26H,2-5,10-13,15H2,1H3,(H-,33,36,37,38,39)/p+1. The van der Waals surface area contributed by atoms with Crippen LogP contribution in [-0.2, 0) is 39.0 Å². The van der Waals surface area contributed by atoms with E-state index < -0.39 is 16.2 Å². The fourth-order valence-corrected chi connectivity index (χ4v) is 7.47. The van der Waals surface area contributed by atoms with Gasteiger partial charge in [0.25, 0.3) is 10.1 Å². The molecule has 7 rings (SSSR count). The number of fused-ring (bicyclic) bond motifs is 3. The molecule has 0 spiro atoms. The monoisotopic (exact) mass is 571 g/mol. The number of Topliss-reactive ketones (excluding diaryl/α,β-unsaturated/α-hetero) is 1. The number of rotatable bonds is 5. The summed E-state index contributed by atoms with van der Waals surface area (Å²) in [6.45, 7) is 3.91. The van der Waals surface area contributed by atoms with E-state index in [1.807, 2.05) is 25.1 Å². The summed E-state index contributed by atoms with van der Waals surface area (Å²) in [5.41, 5.74) is 6.71.